The second-order valence-corrected chi connectivity index (χ2v) is 7.56. The number of amides is 4. The SMILES string of the molecule is CN(C)C(=O)CN1C(=O)NC(C)(c2ccc(C(C)(C)C)cc2)C1=O. The third kappa shape index (κ3) is 3.13. The molecule has 130 valence electrons. The molecule has 4 amide bonds. The number of likely N-dealkylation sites (N-methyl/N-ethyl adjacent to an activating group) is 1. The molecule has 0 radical (unpaired) electrons. The van der Waals surface area contributed by atoms with Crippen LogP contribution in [0.4, 0.5) is 4.79 Å². The number of urea groups is 1. The maximum atomic E-state index is 12.7. The minimum Gasteiger partial charge on any atom is -0.347 e. The Balaban J connectivity index is 2.29. The summed E-state index contributed by atoms with van der Waals surface area (Å²) in [6, 6.07) is 7.10. The summed E-state index contributed by atoms with van der Waals surface area (Å²) in [6.07, 6.45) is 0. The second kappa shape index (κ2) is 5.92. The molecule has 6 heteroatoms. The van der Waals surface area contributed by atoms with E-state index >= 15 is 0 Å². The molecule has 0 bridgehead atoms. The zero-order valence-electron chi connectivity index (χ0n) is 15.1. The van der Waals surface area contributed by atoms with E-state index in [4.69, 9.17) is 0 Å². The van der Waals surface area contributed by atoms with Crippen LogP contribution < -0.4 is 5.32 Å². The number of carbonyl (C=O) groups excluding carboxylic acids is 3. The molecule has 1 aliphatic heterocycles. The first-order valence-corrected chi connectivity index (χ1v) is 7.92. The topological polar surface area (TPSA) is 69.7 Å². The van der Waals surface area contributed by atoms with Gasteiger partial charge in [0.25, 0.3) is 5.91 Å². The van der Waals surface area contributed by atoms with E-state index in [2.05, 4.69) is 26.1 Å². The van der Waals surface area contributed by atoms with Crippen LogP contribution in [-0.4, -0.2) is 48.3 Å². The van der Waals surface area contributed by atoms with Gasteiger partial charge < -0.3 is 10.2 Å². The average Bonchev–Trinajstić information content (AvgIpc) is 2.71. The van der Waals surface area contributed by atoms with Crippen molar-refractivity contribution in [2.45, 2.75) is 38.6 Å². The monoisotopic (exact) mass is 331 g/mol. The minimum atomic E-state index is -1.15. The van der Waals surface area contributed by atoms with Gasteiger partial charge in [-0.1, -0.05) is 45.0 Å². The van der Waals surface area contributed by atoms with Gasteiger partial charge in [-0.3, -0.25) is 14.5 Å². The van der Waals surface area contributed by atoms with Gasteiger partial charge in [0.15, 0.2) is 0 Å². The lowest BCUT2D eigenvalue weighted by Crippen LogP contribution is -2.43. The van der Waals surface area contributed by atoms with Gasteiger partial charge in [0, 0.05) is 14.1 Å². The molecule has 24 heavy (non-hydrogen) atoms. The van der Waals surface area contributed by atoms with Gasteiger partial charge in [-0.2, -0.15) is 0 Å². The zero-order chi connectivity index (χ0) is 18.3. The Morgan fingerprint density at radius 2 is 1.71 bits per heavy atom. The Labute approximate surface area is 142 Å². The maximum absolute atomic E-state index is 12.7. The molecule has 2 rings (SSSR count). The predicted octanol–water partition coefficient (Wildman–Crippen LogP) is 1.84. The number of hydrogen-bond acceptors (Lipinski definition) is 3. The molecule has 1 fully saturated rings. The van der Waals surface area contributed by atoms with Crippen LogP contribution in [0.2, 0.25) is 0 Å². The molecule has 1 aromatic carbocycles. The molecule has 6 nitrogen and oxygen atoms in total. The second-order valence-electron chi connectivity index (χ2n) is 7.56. The zero-order valence-corrected chi connectivity index (χ0v) is 15.1. The van der Waals surface area contributed by atoms with E-state index in [-0.39, 0.29) is 17.9 Å². The van der Waals surface area contributed by atoms with E-state index in [1.807, 2.05) is 24.3 Å². The highest BCUT2D eigenvalue weighted by molar-refractivity contribution is 6.09. The molecular weight excluding hydrogens is 306 g/mol. The van der Waals surface area contributed by atoms with Crippen LogP contribution in [0.5, 0.6) is 0 Å². The highest BCUT2D eigenvalue weighted by Gasteiger charge is 2.49. The summed E-state index contributed by atoms with van der Waals surface area (Å²) in [5.41, 5.74) is 0.701. The lowest BCUT2D eigenvalue weighted by atomic mass is 9.84. The Morgan fingerprint density at radius 1 is 1.17 bits per heavy atom. The third-order valence-electron chi connectivity index (χ3n) is 4.40. The first kappa shape index (κ1) is 18.0. The fraction of sp³-hybridized carbons (Fsp3) is 0.500. The summed E-state index contributed by atoms with van der Waals surface area (Å²) in [7, 11) is 3.18. The van der Waals surface area contributed by atoms with Crippen LogP contribution in [0.25, 0.3) is 0 Å². The Hall–Kier alpha value is -2.37. The average molecular weight is 331 g/mol. The number of nitrogens with one attached hydrogen (secondary N) is 1. The Kier molecular flexibility index (Phi) is 4.44. The van der Waals surface area contributed by atoms with Crippen molar-refractivity contribution in [3.8, 4) is 0 Å². The summed E-state index contributed by atoms with van der Waals surface area (Å²) >= 11 is 0. The van der Waals surface area contributed by atoms with Gasteiger partial charge in [-0.25, -0.2) is 4.79 Å². The van der Waals surface area contributed by atoms with Gasteiger partial charge >= 0.3 is 6.03 Å². The predicted molar refractivity (Wildman–Crippen MR) is 91.4 cm³/mol. The minimum absolute atomic E-state index is 0.00648. The number of imide groups is 1. The molecule has 0 spiro atoms. The first-order valence-electron chi connectivity index (χ1n) is 7.92. The van der Waals surface area contributed by atoms with E-state index in [0.29, 0.717) is 5.56 Å². The van der Waals surface area contributed by atoms with Crippen molar-refractivity contribution < 1.29 is 14.4 Å². The van der Waals surface area contributed by atoms with Crippen molar-refractivity contribution in [1.29, 1.82) is 0 Å². The number of carbonyl (C=O) groups is 3. The molecule has 0 aromatic heterocycles. The molecule has 1 aliphatic rings. The highest BCUT2D eigenvalue weighted by atomic mass is 16.2. The van der Waals surface area contributed by atoms with Gasteiger partial charge in [-0.05, 0) is 23.5 Å². The molecule has 1 aromatic rings. The van der Waals surface area contributed by atoms with Gasteiger partial charge in [0.1, 0.15) is 12.1 Å². The van der Waals surface area contributed by atoms with Crippen molar-refractivity contribution >= 4 is 17.8 Å². The largest absolute Gasteiger partial charge is 0.347 e. The van der Waals surface area contributed by atoms with Crippen LogP contribution in [0, 0.1) is 0 Å². The number of rotatable bonds is 3. The van der Waals surface area contributed by atoms with Crippen LogP contribution in [0.15, 0.2) is 24.3 Å². The van der Waals surface area contributed by atoms with E-state index in [1.54, 1.807) is 21.0 Å². The van der Waals surface area contributed by atoms with Crippen LogP contribution in [-0.2, 0) is 20.5 Å². The molecule has 1 unspecified atom stereocenters. The Bertz CT molecular complexity index is 674. The van der Waals surface area contributed by atoms with E-state index in [1.165, 1.54) is 4.90 Å². The van der Waals surface area contributed by atoms with Crippen molar-refractivity contribution in [3.05, 3.63) is 35.4 Å². The van der Waals surface area contributed by atoms with Crippen LogP contribution >= 0.6 is 0 Å². The number of hydrogen-bond donors (Lipinski definition) is 1. The quantitative estimate of drug-likeness (QED) is 0.859. The van der Waals surface area contributed by atoms with E-state index < -0.39 is 17.5 Å². The van der Waals surface area contributed by atoms with Gasteiger partial charge in [0.05, 0.1) is 0 Å². The Morgan fingerprint density at radius 3 is 2.17 bits per heavy atom. The first-order chi connectivity index (χ1) is 11.0. The standard InChI is InChI=1S/C18H25N3O3/c1-17(2,3)12-7-9-13(10-8-12)18(4)15(23)21(16(24)19-18)11-14(22)20(5)6/h7-10H,11H2,1-6H3,(H,19,24). The van der Waals surface area contributed by atoms with Gasteiger partial charge in [-0.15, -0.1) is 0 Å². The fourth-order valence-corrected chi connectivity index (χ4v) is 2.62. The fourth-order valence-electron chi connectivity index (χ4n) is 2.62. The van der Waals surface area contributed by atoms with Crippen LogP contribution in [0.1, 0.15) is 38.8 Å². The number of benzene rings is 1. The van der Waals surface area contributed by atoms with Crippen LogP contribution in [0.3, 0.4) is 0 Å². The molecule has 1 heterocycles. The lowest BCUT2D eigenvalue weighted by Gasteiger charge is -2.24. The summed E-state index contributed by atoms with van der Waals surface area (Å²) < 4.78 is 0. The van der Waals surface area contributed by atoms with Crippen molar-refractivity contribution in [1.82, 2.24) is 15.1 Å². The van der Waals surface area contributed by atoms with Crippen molar-refractivity contribution in [3.63, 3.8) is 0 Å². The normalized spacial score (nSPS) is 21.0. The molecule has 1 atom stereocenters. The maximum Gasteiger partial charge on any atom is 0.325 e. The molecule has 1 saturated heterocycles. The summed E-state index contributed by atoms with van der Waals surface area (Å²) in [4.78, 5) is 39.1. The van der Waals surface area contributed by atoms with Crippen molar-refractivity contribution in [2.24, 2.45) is 0 Å². The molecule has 1 N–H and O–H groups in total. The van der Waals surface area contributed by atoms with E-state index in [0.717, 1.165) is 10.5 Å². The van der Waals surface area contributed by atoms with Gasteiger partial charge in [0.2, 0.25) is 5.91 Å². The van der Waals surface area contributed by atoms with E-state index in [9.17, 15) is 14.4 Å². The van der Waals surface area contributed by atoms with Crippen molar-refractivity contribution in [2.75, 3.05) is 20.6 Å². The molecule has 0 saturated carbocycles. The summed E-state index contributed by atoms with van der Waals surface area (Å²) in [6.45, 7) is 7.75. The highest BCUT2D eigenvalue weighted by Crippen LogP contribution is 2.31. The molecular formula is C18H25N3O3. The molecule has 0 aliphatic carbocycles. The third-order valence-corrected chi connectivity index (χ3v) is 4.40. The summed E-state index contributed by atoms with van der Waals surface area (Å²) in [5, 5.41) is 2.72. The smallest absolute Gasteiger partial charge is 0.325 e. The number of nitrogens with zero attached hydrogens (tertiary/aromatic N) is 2. The lowest BCUT2D eigenvalue weighted by molar-refractivity contribution is -0.137. The summed E-state index contributed by atoms with van der Waals surface area (Å²) in [5.74, 6) is -0.711.